The Balaban J connectivity index is 1.42. The summed E-state index contributed by atoms with van der Waals surface area (Å²) in [7, 11) is 1.60. The van der Waals surface area contributed by atoms with Crippen molar-refractivity contribution in [1.29, 1.82) is 0 Å². The van der Waals surface area contributed by atoms with Crippen LogP contribution in [0.15, 0.2) is 47.0 Å². The number of benzene rings is 2. The van der Waals surface area contributed by atoms with Crippen molar-refractivity contribution in [1.82, 2.24) is 15.0 Å². The summed E-state index contributed by atoms with van der Waals surface area (Å²) in [6.07, 6.45) is 1.39. The third kappa shape index (κ3) is 5.50. The Hall–Kier alpha value is -3.55. The summed E-state index contributed by atoms with van der Waals surface area (Å²) in [4.78, 5) is 19.0. The van der Waals surface area contributed by atoms with Crippen molar-refractivity contribution in [3.05, 3.63) is 53.9 Å². The van der Waals surface area contributed by atoms with Gasteiger partial charge in [0.05, 0.1) is 25.7 Å². The number of aromatic nitrogens is 2. The number of amides is 1. The molecular formula is C26H31N3O5. The summed E-state index contributed by atoms with van der Waals surface area (Å²) in [6.45, 7) is 7.73. The third-order valence-electron chi connectivity index (χ3n) is 5.56. The smallest absolute Gasteiger partial charge is 0.232 e. The lowest BCUT2D eigenvalue weighted by Crippen LogP contribution is -2.24. The first kappa shape index (κ1) is 23.6. The van der Waals surface area contributed by atoms with E-state index in [4.69, 9.17) is 18.7 Å². The maximum absolute atomic E-state index is 12.6. The highest BCUT2D eigenvalue weighted by molar-refractivity contribution is 5.79. The summed E-state index contributed by atoms with van der Waals surface area (Å²) in [6, 6.07) is 13.4. The Labute approximate surface area is 199 Å². The first-order chi connectivity index (χ1) is 16.5. The number of rotatable bonds is 10. The van der Waals surface area contributed by atoms with E-state index in [0.29, 0.717) is 49.3 Å². The van der Waals surface area contributed by atoms with Crippen LogP contribution < -0.4 is 14.2 Å². The number of hydrogen-bond donors (Lipinski definition) is 0. The second-order valence-corrected chi connectivity index (χ2v) is 8.66. The number of carbonyl (C=O) groups excluding carboxylic acids is 1. The molecule has 1 saturated heterocycles. The van der Waals surface area contributed by atoms with Gasteiger partial charge in [-0.3, -0.25) is 4.79 Å². The van der Waals surface area contributed by atoms with Crippen LogP contribution in [-0.4, -0.2) is 47.3 Å². The Morgan fingerprint density at radius 3 is 2.65 bits per heavy atom. The van der Waals surface area contributed by atoms with Crippen LogP contribution in [0.5, 0.6) is 17.2 Å². The third-order valence-corrected chi connectivity index (χ3v) is 5.56. The Kier molecular flexibility index (Phi) is 7.35. The molecule has 0 saturated carbocycles. The van der Waals surface area contributed by atoms with E-state index in [9.17, 15) is 4.79 Å². The molecule has 4 rings (SSSR count). The molecule has 1 aromatic heterocycles. The normalized spacial score (nSPS) is 15.7. The molecule has 1 aliphatic heterocycles. The average Bonchev–Trinajstić information content (AvgIpc) is 3.46. The number of likely N-dealkylation sites (tertiary alicyclic amines) is 1. The average molecular weight is 466 g/mol. The van der Waals surface area contributed by atoms with Gasteiger partial charge >= 0.3 is 0 Å². The molecule has 180 valence electrons. The highest BCUT2D eigenvalue weighted by atomic mass is 16.5. The monoisotopic (exact) mass is 465 g/mol. The molecule has 0 spiro atoms. The second kappa shape index (κ2) is 10.6. The van der Waals surface area contributed by atoms with Crippen molar-refractivity contribution < 1.29 is 23.5 Å². The molecule has 1 fully saturated rings. The molecule has 8 heteroatoms. The van der Waals surface area contributed by atoms with Gasteiger partial charge in [0.1, 0.15) is 5.75 Å². The first-order valence-electron chi connectivity index (χ1n) is 11.6. The molecule has 0 aliphatic carbocycles. The van der Waals surface area contributed by atoms with Crippen molar-refractivity contribution in [2.75, 3.05) is 20.3 Å². The van der Waals surface area contributed by atoms with Gasteiger partial charge in [0.25, 0.3) is 0 Å². The topological polar surface area (TPSA) is 86.9 Å². The van der Waals surface area contributed by atoms with Gasteiger partial charge in [0.15, 0.2) is 11.5 Å². The van der Waals surface area contributed by atoms with Gasteiger partial charge in [-0.05, 0) is 56.2 Å². The van der Waals surface area contributed by atoms with Crippen LogP contribution in [0.3, 0.4) is 0 Å². The number of methoxy groups -OCH3 is 1. The zero-order valence-corrected chi connectivity index (χ0v) is 20.1. The molecule has 1 aliphatic rings. The zero-order valence-electron chi connectivity index (χ0n) is 20.1. The van der Waals surface area contributed by atoms with Gasteiger partial charge in [-0.25, -0.2) is 0 Å². The molecule has 0 N–H and O–H groups in total. The molecule has 8 nitrogen and oxygen atoms in total. The summed E-state index contributed by atoms with van der Waals surface area (Å²) < 4.78 is 22.4. The maximum atomic E-state index is 12.6. The molecular weight excluding hydrogens is 434 g/mol. The molecule has 34 heavy (non-hydrogen) atoms. The maximum Gasteiger partial charge on any atom is 0.232 e. The van der Waals surface area contributed by atoms with Crippen LogP contribution >= 0.6 is 0 Å². The lowest BCUT2D eigenvalue weighted by atomic mass is 10.1. The standard InChI is InChI=1S/C26H31N3O5/c1-5-12-32-22-11-8-19(13-23(22)31-4)25-27-26(34-28-25)20-14-24(30)29(16-20)15-18-6-9-21(10-7-18)33-17(2)3/h6-11,13,17,20H,5,12,14-16H2,1-4H3. The van der Waals surface area contributed by atoms with E-state index >= 15 is 0 Å². The van der Waals surface area contributed by atoms with E-state index in [1.807, 2.05) is 61.2 Å². The minimum atomic E-state index is -0.133. The fourth-order valence-electron chi connectivity index (χ4n) is 3.91. The SMILES string of the molecule is CCCOc1ccc(-c2noc(C3CC(=O)N(Cc4ccc(OC(C)C)cc4)C3)n2)cc1OC. The Morgan fingerprint density at radius 2 is 1.94 bits per heavy atom. The molecule has 2 heterocycles. The van der Waals surface area contributed by atoms with Gasteiger partial charge in [-0.2, -0.15) is 4.98 Å². The van der Waals surface area contributed by atoms with Crippen LogP contribution in [0.25, 0.3) is 11.4 Å². The Bertz CT molecular complexity index is 1110. The molecule has 2 aromatic carbocycles. The van der Waals surface area contributed by atoms with E-state index in [2.05, 4.69) is 17.1 Å². The highest BCUT2D eigenvalue weighted by Crippen LogP contribution is 2.34. The van der Waals surface area contributed by atoms with Crippen LogP contribution in [0.2, 0.25) is 0 Å². The van der Waals surface area contributed by atoms with Crippen molar-refractivity contribution in [2.24, 2.45) is 0 Å². The van der Waals surface area contributed by atoms with Gasteiger partial charge in [-0.15, -0.1) is 0 Å². The minimum Gasteiger partial charge on any atom is -0.493 e. The Morgan fingerprint density at radius 1 is 1.15 bits per heavy atom. The van der Waals surface area contributed by atoms with E-state index in [1.165, 1.54) is 0 Å². The molecule has 1 atom stereocenters. The van der Waals surface area contributed by atoms with Crippen LogP contribution in [0.4, 0.5) is 0 Å². The van der Waals surface area contributed by atoms with E-state index < -0.39 is 0 Å². The van der Waals surface area contributed by atoms with Gasteiger partial charge in [0.2, 0.25) is 17.6 Å². The summed E-state index contributed by atoms with van der Waals surface area (Å²) in [5, 5.41) is 4.14. The van der Waals surface area contributed by atoms with E-state index in [1.54, 1.807) is 7.11 Å². The number of ether oxygens (including phenoxy) is 3. The van der Waals surface area contributed by atoms with E-state index in [0.717, 1.165) is 23.3 Å². The molecule has 1 amide bonds. The second-order valence-electron chi connectivity index (χ2n) is 8.66. The van der Waals surface area contributed by atoms with Gasteiger partial charge in [0, 0.05) is 25.1 Å². The largest absolute Gasteiger partial charge is 0.493 e. The van der Waals surface area contributed by atoms with Gasteiger partial charge < -0.3 is 23.6 Å². The lowest BCUT2D eigenvalue weighted by molar-refractivity contribution is -0.128. The minimum absolute atomic E-state index is 0.0753. The fourth-order valence-corrected chi connectivity index (χ4v) is 3.91. The number of hydrogen-bond acceptors (Lipinski definition) is 7. The first-order valence-corrected chi connectivity index (χ1v) is 11.6. The number of carbonyl (C=O) groups is 1. The quantitative estimate of drug-likeness (QED) is 0.423. The lowest BCUT2D eigenvalue weighted by Gasteiger charge is -2.16. The van der Waals surface area contributed by atoms with Gasteiger partial charge in [-0.1, -0.05) is 24.2 Å². The van der Waals surface area contributed by atoms with Crippen molar-refractivity contribution in [2.45, 2.75) is 52.2 Å². The predicted octanol–water partition coefficient (Wildman–Crippen LogP) is 4.84. The highest BCUT2D eigenvalue weighted by Gasteiger charge is 2.34. The van der Waals surface area contributed by atoms with Crippen molar-refractivity contribution in [3.63, 3.8) is 0 Å². The molecule has 3 aromatic rings. The molecule has 0 radical (unpaired) electrons. The molecule has 0 bridgehead atoms. The summed E-state index contributed by atoms with van der Waals surface area (Å²) >= 11 is 0. The van der Waals surface area contributed by atoms with Crippen LogP contribution in [0.1, 0.15) is 51.0 Å². The van der Waals surface area contributed by atoms with Crippen molar-refractivity contribution in [3.8, 4) is 28.6 Å². The fraction of sp³-hybridized carbons (Fsp3) is 0.423. The summed E-state index contributed by atoms with van der Waals surface area (Å²) in [5.41, 5.74) is 1.81. The molecule has 1 unspecified atom stereocenters. The summed E-state index contributed by atoms with van der Waals surface area (Å²) in [5.74, 6) is 2.99. The van der Waals surface area contributed by atoms with Crippen molar-refractivity contribution >= 4 is 5.91 Å². The van der Waals surface area contributed by atoms with Crippen LogP contribution in [0, 0.1) is 0 Å². The number of nitrogens with zero attached hydrogens (tertiary/aromatic N) is 3. The van der Waals surface area contributed by atoms with E-state index in [-0.39, 0.29) is 17.9 Å². The van der Waals surface area contributed by atoms with Crippen LogP contribution in [-0.2, 0) is 11.3 Å². The zero-order chi connectivity index (χ0) is 24.1. The predicted molar refractivity (Wildman–Crippen MR) is 127 cm³/mol.